The molecule has 0 saturated carbocycles. The van der Waals surface area contributed by atoms with Crippen molar-refractivity contribution in [2.24, 2.45) is 0 Å². The van der Waals surface area contributed by atoms with Crippen molar-refractivity contribution in [2.75, 3.05) is 7.11 Å². The van der Waals surface area contributed by atoms with Crippen molar-refractivity contribution in [2.45, 2.75) is 12.2 Å². The number of rotatable bonds is 3. The Kier molecular flexibility index (Phi) is 3.32. The average Bonchev–Trinajstić information content (AvgIpc) is 2.39. The van der Waals surface area contributed by atoms with Crippen LogP contribution >= 0.6 is 0 Å². The number of carbonyl (C=O) groups is 1. The molecule has 18 heavy (non-hydrogen) atoms. The molecular formula is C14H14O4. The van der Waals surface area contributed by atoms with Gasteiger partial charge in [-0.3, -0.25) is 4.79 Å². The Balaban J connectivity index is 2.29. The van der Waals surface area contributed by atoms with E-state index in [4.69, 9.17) is 4.74 Å². The maximum absolute atomic E-state index is 12.1. The van der Waals surface area contributed by atoms with Crippen LogP contribution in [0.4, 0.5) is 0 Å². The highest BCUT2D eigenvalue weighted by Crippen LogP contribution is 2.27. The van der Waals surface area contributed by atoms with Gasteiger partial charge < -0.3 is 14.9 Å². The van der Waals surface area contributed by atoms with Crippen LogP contribution in [0, 0.1) is 0 Å². The van der Waals surface area contributed by atoms with Crippen molar-refractivity contribution >= 4 is 5.78 Å². The zero-order valence-corrected chi connectivity index (χ0v) is 9.96. The number of hydrogen-bond donors (Lipinski definition) is 2. The highest BCUT2D eigenvalue weighted by Gasteiger charge is 2.31. The predicted octanol–water partition coefficient (Wildman–Crippen LogP) is 1.98. The molecule has 0 saturated heterocycles. The lowest BCUT2D eigenvalue weighted by Crippen LogP contribution is -2.31. The summed E-state index contributed by atoms with van der Waals surface area (Å²) in [5.41, 5.74) is 0.675. The quantitative estimate of drug-likeness (QED) is 0.632. The van der Waals surface area contributed by atoms with E-state index in [1.807, 2.05) is 6.07 Å². The van der Waals surface area contributed by atoms with Gasteiger partial charge in [-0.1, -0.05) is 30.3 Å². The van der Waals surface area contributed by atoms with Crippen LogP contribution in [0.15, 0.2) is 53.8 Å². The molecule has 1 atom stereocenters. The highest BCUT2D eigenvalue weighted by atomic mass is 16.6. The summed E-state index contributed by atoms with van der Waals surface area (Å²) in [4.78, 5) is 12.1. The number of allylic oxidation sites excluding steroid dienone is 2. The van der Waals surface area contributed by atoms with Crippen molar-refractivity contribution in [1.82, 2.24) is 0 Å². The van der Waals surface area contributed by atoms with E-state index in [1.165, 1.54) is 19.3 Å². The second-order valence-corrected chi connectivity index (χ2v) is 4.11. The highest BCUT2D eigenvalue weighted by molar-refractivity contribution is 6.11. The van der Waals surface area contributed by atoms with E-state index in [2.05, 4.69) is 0 Å². The van der Waals surface area contributed by atoms with Crippen LogP contribution in [0.5, 0.6) is 0 Å². The van der Waals surface area contributed by atoms with Gasteiger partial charge in [0.2, 0.25) is 0 Å². The first-order valence-electron chi connectivity index (χ1n) is 5.54. The first-order chi connectivity index (χ1) is 8.56. The number of Topliss-reactive ketones (excluding diaryl/α,β-unsaturated/α-hetero) is 1. The SMILES string of the molecule is COC1(O)C=CC(C(=O)c2ccccc2)=C(O)C1. The Morgan fingerprint density at radius 3 is 2.56 bits per heavy atom. The van der Waals surface area contributed by atoms with Crippen LogP contribution in [0.3, 0.4) is 0 Å². The maximum atomic E-state index is 12.1. The molecule has 0 radical (unpaired) electrons. The molecule has 1 aromatic carbocycles. The average molecular weight is 246 g/mol. The van der Waals surface area contributed by atoms with E-state index in [1.54, 1.807) is 24.3 Å². The molecule has 0 spiro atoms. The third kappa shape index (κ3) is 2.34. The molecule has 4 heteroatoms. The second kappa shape index (κ2) is 4.76. The summed E-state index contributed by atoms with van der Waals surface area (Å²) in [6, 6.07) is 8.66. The third-order valence-corrected chi connectivity index (χ3v) is 2.88. The Morgan fingerprint density at radius 1 is 1.33 bits per heavy atom. The molecule has 0 fully saturated rings. The topological polar surface area (TPSA) is 66.8 Å². The van der Waals surface area contributed by atoms with Gasteiger partial charge >= 0.3 is 0 Å². The van der Waals surface area contributed by atoms with Crippen molar-refractivity contribution in [3.05, 3.63) is 59.4 Å². The minimum Gasteiger partial charge on any atom is -0.511 e. The number of benzene rings is 1. The maximum Gasteiger partial charge on any atom is 0.196 e. The molecule has 1 unspecified atom stereocenters. The van der Waals surface area contributed by atoms with E-state index < -0.39 is 5.79 Å². The smallest absolute Gasteiger partial charge is 0.196 e. The van der Waals surface area contributed by atoms with Crippen LogP contribution in [0.2, 0.25) is 0 Å². The molecule has 0 aromatic heterocycles. The molecule has 0 amide bonds. The number of ether oxygens (including phenoxy) is 1. The van der Waals surface area contributed by atoms with Gasteiger partial charge in [-0.05, 0) is 12.2 Å². The van der Waals surface area contributed by atoms with Crippen LogP contribution < -0.4 is 0 Å². The molecule has 0 heterocycles. The van der Waals surface area contributed by atoms with Crippen molar-refractivity contribution < 1.29 is 19.7 Å². The summed E-state index contributed by atoms with van der Waals surface area (Å²) in [7, 11) is 1.33. The van der Waals surface area contributed by atoms with Crippen molar-refractivity contribution in [3.8, 4) is 0 Å². The van der Waals surface area contributed by atoms with Gasteiger partial charge in [0.05, 0.1) is 12.0 Å². The molecule has 4 nitrogen and oxygen atoms in total. The molecule has 0 aliphatic heterocycles. The normalized spacial score (nSPS) is 23.2. The van der Waals surface area contributed by atoms with Crippen molar-refractivity contribution in [3.63, 3.8) is 0 Å². The summed E-state index contributed by atoms with van der Waals surface area (Å²) >= 11 is 0. The van der Waals surface area contributed by atoms with Crippen LogP contribution in [-0.2, 0) is 4.74 Å². The fourth-order valence-electron chi connectivity index (χ4n) is 1.80. The fourth-order valence-corrected chi connectivity index (χ4v) is 1.80. The van der Waals surface area contributed by atoms with E-state index in [-0.39, 0.29) is 23.5 Å². The van der Waals surface area contributed by atoms with Crippen LogP contribution in [0.1, 0.15) is 16.8 Å². The first-order valence-corrected chi connectivity index (χ1v) is 5.54. The zero-order valence-electron chi connectivity index (χ0n) is 9.96. The third-order valence-electron chi connectivity index (χ3n) is 2.88. The van der Waals surface area contributed by atoms with Gasteiger partial charge in [0.1, 0.15) is 5.76 Å². The van der Waals surface area contributed by atoms with Gasteiger partial charge in [-0.25, -0.2) is 0 Å². The largest absolute Gasteiger partial charge is 0.511 e. The Bertz CT molecular complexity index is 516. The summed E-state index contributed by atoms with van der Waals surface area (Å²) in [5, 5.41) is 19.6. The molecular weight excluding hydrogens is 232 g/mol. The number of aliphatic hydroxyl groups is 2. The molecule has 2 N–H and O–H groups in total. The number of ketones is 1. The van der Waals surface area contributed by atoms with E-state index in [0.717, 1.165) is 0 Å². The van der Waals surface area contributed by atoms with Crippen molar-refractivity contribution in [1.29, 1.82) is 0 Å². The van der Waals surface area contributed by atoms with Gasteiger partial charge in [0.15, 0.2) is 11.6 Å². The Morgan fingerprint density at radius 2 is 2.00 bits per heavy atom. The lowest BCUT2D eigenvalue weighted by molar-refractivity contribution is -0.149. The summed E-state index contributed by atoms with van der Waals surface area (Å²) in [5.74, 6) is -1.98. The van der Waals surface area contributed by atoms with Gasteiger partial charge in [-0.15, -0.1) is 0 Å². The van der Waals surface area contributed by atoms with E-state index in [0.29, 0.717) is 5.56 Å². The Labute approximate surface area is 105 Å². The summed E-state index contributed by atoms with van der Waals surface area (Å²) in [6.45, 7) is 0. The minimum absolute atomic E-state index is 0.131. The fraction of sp³-hybridized carbons (Fsp3) is 0.214. The van der Waals surface area contributed by atoms with E-state index in [9.17, 15) is 15.0 Å². The summed E-state index contributed by atoms with van der Waals surface area (Å²) < 4.78 is 4.85. The number of carbonyl (C=O) groups excluding carboxylic acids is 1. The lowest BCUT2D eigenvalue weighted by atomic mass is 9.94. The minimum atomic E-state index is -1.54. The number of methoxy groups -OCH3 is 1. The molecule has 1 aliphatic carbocycles. The Hall–Kier alpha value is -1.91. The molecule has 0 bridgehead atoms. The molecule has 1 aliphatic rings. The van der Waals surface area contributed by atoms with Gasteiger partial charge in [0.25, 0.3) is 0 Å². The van der Waals surface area contributed by atoms with Crippen LogP contribution in [0.25, 0.3) is 0 Å². The summed E-state index contributed by atoms with van der Waals surface area (Å²) in [6.07, 6.45) is 2.62. The molecule has 94 valence electrons. The number of hydrogen-bond acceptors (Lipinski definition) is 4. The predicted molar refractivity (Wildman–Crippen MR) is 66.1 cm³/mol. The second-order valence-electron chi connectivity index (χ2n) is 4.11. The standard InChI is InChI=1S/C14H14O4/c1-18-14(17)8-7-11(12(15)9-14)13(16)10-5-3-2-4-6-10/h2-8,15,17H,9H2,1H3. The van der Waals surface area contributed by atoms with E-state index >= 15 is 0 Å². The van der Waals surface area contributed by atoms with Gasteiger partial charge in [-0.2, -0.15) is 0 Å². The monoisotopic (exact) mass is 246 g/mol. The molecule has 1 aromatic rings. The first kappa shape index (κ1) is 12.5. The zero-order chi connectivity index (χ0) is 13.2. The number of aliphatic hydroxyl groups excluding tert-OH is 1. The van der Waals surface area contributed by atoms with Gasteiger partial charge in [0, 0.05) is 12.7 Å². The van der Waals surface area contributed by atoms with Crippen LogP contribution in [-0.4, -0.2) is 28.9 Å². The molecule has 2 rings (SSSR count). The lowest BCUT2D eigenvalue weighted by Gasteiger charge is -2.26.